The van der Waals surface area contributed by atoms with E-state index in [2.05, 4.69) is 0 Å². The Morgan fingerprint density at radius 1 is 1.07 bits per heavy atom. The van der Waals surface area contributed by atoms with Gasteiger partial charge in [0.15, 0.2) is 12.6 Å². The van der Waals surface area contributed by atoms with Gasteiger partial charge >= 0.3 is 0 Å². The van der Waals surface area contributed by atoms with Gasteiger partial charge in [0.25, 0.3) is 0 Å². The maximum absolute atomic E-state index is 9.62. The van der Waals surface area contributed by atoms with Crippen LogP contribution in [0.5, 0.6) is 0 Å². The first-order valence-electron chi connectivity index (χ1n) is 4.57. The Morgan fingerprint density at radius 2 is 1.79 bits per heavy atom. The molecule has 0 radical (unpaired) electrons. The van der Waals surface area contributed by atoms with E-state index in [0.29, 0.717) is 0 Å². The number of ether oxygens (including phenoxy) is 3. The third-order valence-corrected chi connectivity index (χ3v) is 2.50. The van der Waals surface area contributed by atoms with Gasteiger partial charge in [-0.25, -0.2) is 0 Å². The monoisotopic (exact) mass is 206 g/mol. The van der Waals surface area contributed by atoms with Gasteiger partial charge in [0.1, 0.15) is 24.4 Å². The summed E-state index contributed by atoms with van der Waals surface area (Å²) in [6.07, 6.45) is -4.90. The fraction of sp³-hybridized carbons (Fsp3) is 1.00. The van der Waals surface area contributed by atoms with E-state index in [1.54, 1.807) is 6.92 Å². The lowest BCUT2D eigenvalue weighted by atomic mass is 9.99. The standard InChI is InChI=1S/C8H14O6/c1-3-12-7-6(11)5(10)4(2-9)14-8(7)13-3/h3-11H,2H2,1H3/t3-,4+,5-,6+,7-,8-/m1/s1. The lowest BCUT2D eigenvalue weighted by Crippen LogP contribution is -2.57. The number of fused-ring (bicyclic) bond motifs is 1. The van der Waals surface area contributed by atoms with Crippen molar-refractivity contribution < 1.29 is 29.5 Å². The summed E-state index contributed by atoms with van der Waals surface area (Å²) in [4.78, 5) is 0. The lowest BCUT2D eigenvalue weighted by Gasteiger charge is -2.36. The minimum Gasteiger partial charge on any atom is -0.394 e. The van der Waals surface area contributed by atoms with Crippen molar-refractivity contribution in [2.45, 2.75) is 43.9 Å². The smallest absolute Gasteiger partial charge is 0.190 e. The fourth-order valence-corrected chi connectivity index (χ4v) is 1.75. The van der Waals surface area contributed by atoms with Crippen molar-refractivity contribution in [1.29, 1.82) is 0 Å². The van der Waals surface area contributed by atoms with Gasteiger partial charge in [0.05, 0.1) is 6.61 Å². The summed E-state index contributed by atoms with van der Waals surface area (Å²) < 4.78 is 15.6. The first-order valence-corrected chi connectivity index (χ1v) is 4.57. The Balaban J connectivity index is 2.09. The highest BCUT2D eigenvalue weighted by atomic mass is 16.8. The highest BCUT2D eigenvalue weighted by molar-refractivity contribution is 4.91. The van der Waals surface area contributed by atoms with Gasteiger partial charge in [0.2, 0.25) is 0 Å². The molecule has 0 saturated carbocycles. The van der Waals surface area contributed by atoms with Crippen LogP contribution in [-0.2, 0) is 14.2 Å². The molecule has 6 nitrogen and oxygen atoms in total. The highest BCUT2D eigenvalue weighted by Crippen LogP contribution is 2.30. The third kappa shape index (κ3) is 1.54. The fourth-order valence-electron chi connectivity index (χ4n) is 1.75. The van der Waals surface area contributed by atoms with Crippen LogP contribution in [0.3, 0.4) is 0 Å². The van der Waals surface area contributed by atoms with Crippen LogP contribution in [-0.4, -0.2) is 58.9 Å². The van der Waals surface area contributed by atoms with Crippen molar-refractivity contribution in [3.05, 3.63) is 0 Å². The van der Waals surface area contributed by atoms with Crippen molar-refractivity contribution in [2.75, 3.05) is 6.61 Å². The summed E-state index contributed by atoms with van der Waals surface area (Å²) >= 11 is 0. The Labute approximate surface area is 81.0 Å². The summed E-state index contributed by atoms with van der Waals surface area (Å²) in [6, 6.07) is 0. The molecule has 0 aliphatic carbocycles. The molecule has 6 heteroatoms. The molecule has 2 heterocycles. The molecule has 0 spiro atoms. The number of aliphatic hydroxyl groups is 3. The van der Waals surface area contributed by atoms with E-state index in [-0.39, 0.29) is 6.61 Å². The molecule has 2 aliphatic rings. The number of hydrogen-bond donors (Lipinski definition) is 3. The second-order valence-electron chi connectivity index (χ2n) is 3.51. The van der Waals surface area contributed by atoms with E-state index >= 15 is 0 Å². The molecular formula is C8H14O6. The lowest BCUT2D eigenvalue weighted by molar-refractivity contribution is -0.252. The van der Waals surface area contributed by atoms with Crippen molar-refractivity contribution in [1.82, 2.24) is 0 Å². The van der Waals surface area contributed by atoms with E-state index in [0.717, 1.165) is 0 Å². The molecule has 2 rings (SSSR count). The summed E-state index contributed by atoms with van der Waals surface area (Å²) in [5.74, 6) is 0. The van der Waals surface area contributed by atoms with Crippen LogP contribution in [0.15, 0.2) is 0 Å². The SMILES string of the molecule is C[C@H]1O[C@@H]2O[C@@H](CO)[C@@H](O)[C@H](O)[C@H]2O1. The van der Waals surface area contributed by atoms with Crippen molar-refractivity contribution in [2.24, 2.45) is 0 Å². The maximum Gasteiger partial charge on any atom is 0.190 e. The molecule has 82 valence electrons. The summed E-state index contributed by atoms with van der Waals surface area (Å²) in [5.41, 5.74) is 0. The van der Waals surface area contributed by atoms with Crippen LogP contribution in [0.2, 0.25) is 0 Å². The molecular weight excluding hydrogens is 192 g/mol. The zero-order chi connectivity index (χ0) is 10.3. The molecule has 0 amide bonds. The van der Waals surface area contributed by atoms with Gasteiger partial charge in [-0.2, -0.15) is 0 Å². The number of rotatable bonds is 1. The molecule has 0 aromatic heterocycles. The molecule has 3 N–H and O–H groups in total. The predicted octanol–water partition coefficient (Wildman–Crippen LogP) is -1.81. The van der Waals surface area contributed by atoms with Crippen LogP contribution in [0, 0.1) is 0 Å². The van der Waals surface area contributed by atoms with Gasteiger partial charge in [-0.3, -0.25) is 0 Å². The van der Waals surface area contributed by atoms with Crippen molar-refractivity contribution in [3.63, 3.8) is 0 Å². The van der Waals surface area contributed by atoms with E-state index in [1.807, 2.05) is 0 Å². The largest absolute Gasteiger partial charge is 0.394 e. The van der Waals surface area contributed by atoms with E-state index in [4.69, 9.17) is 19.3 Å². The first kappa shape index (κ1) is 10.3. The molecule has 14 heavy (non-hydrogen) atoms. The summed E-state index contributed by atoms with van der Waals surface area (Å²) in [6.45, 7) is 1.31. The zero-order valence-corrected chi connectivity index (χ0v) is 7.74. The second-order valence-corrected chi connectivity index (χ2v) is 3.51. The zero-order valence-electron chi connectivity index (χ0n) is 7.74. The minimum absolute atomic E-state index is 0.362. The molecule has 0 aromatic rings. The van der Waals surface area contributed by atoms with Crippen LogP contribution < -0.4 is 0 Å². The average Bonchev–Trinajstić information content (AvgIpc) is 2.52. The average molecular weight is 206 g/mol. The molecule has 2 fully saturated rings. The quantitative estimate of drug-likeness (QED) is 0.468. The van der Waals surface area contributed by atoms with Gasteiger partial charge in [-0.15, -0.1) is 0 Å². The van der Waals surface area contributed by atoms with E-state index in [1.165, 1.54) is 0 Å². The van der Waals surface area contributed by atoms with Gasteiger partial charge in [-0.05, 0) is 6.92 Å². The molecule has 2 saturated heterocycles. The normalized spacial score (nSPS) is 53.1. The Hall–Kier alpha value is -0.240. The topological polar surface area (TPSA) is 88.4 Å². The molecule has 0 aromatic carbocycles. The van der Waals surface area contributed by atoms with Crippen LogP contribution in [0.4, 0.5) is 0 Å². The third-order valence-electron chi connectivity index (χ3n) is 2.50. The highest BCUT2D eigenvalue weighted by Gasteiger charge is 2.50. The second kappa shape index (κ2) is 3.73. The van der Waals surface area contributed by atoms with Gasteiger partial charge in [-0.1, -0.05) is 0 Å². The van der Waals surface area contributed by atoms with E-state index in [9.17, 15) is 10.2 Å². The Morgan fingerprint density at radius 3 is 2.43 bits per heavy atom. The maximum atomic E-state index is 9.62. The van der Waals surface area contributed by atoms with Gasteiger partial charge < -0.3 is 29.5 Å². The molecule has 0 unspecified atom stereocenters. The Bertz CT molecular complexity index is 208. The molecule has 6 atom stereocenters. The molecule has 0 bridgehead atoms. The van der Waals surface area contributed by atoms with Crippen LogP contribution in [0.25, 0.3) is 0 Å². The number of hydrogen-bond acceptors (Lipinski definition) is 6. The Kier molecular flexibility index (Phi) is 2.74. The van der Waals surface area contributed by atoms with Crippen molar-refractivity contribution in [3.8, 4) is 0 Å². The first-order chi connectivity index (χ1) is 6.63. The summed E-state index contributed by atoms with van der Waals surface area (Å²) in [7, 11) is 0. The van der Waals surface area contributed by atoms with Crippen molar-refractivity contribution >= 4 is 0 Å². The molecule has 2 aliphatic heterocycles. The predicted molar refractivity (Wildman–Crippen MR) is 43.2 cm³/mol. The summed E-state index contributed by atoms with van der Waals surface area (Å²) in [5, 5.41) is 28.0. The van der Waals surface area contributed by atoms with E-state index < -0.39 is 37.0 Å². The van der Waals surface area contributed by atoms with Gasteiger partial charge in [0, 0.05) is 0 Å². The minimum atomic E-state index is -1.14. The van der Waals surface area contributed by atoms with Crippen LogP contribution in [0.1, 0.15) is 6.92 Å². The van der Waals surface area contributed by atoms with Crippen LogP contribution >= 0.6 is 0 Å². The number of aliphatic hydroxyl groups excluding tert-OH is 3.